The number of nitrogens with zero attached hydrogens (tertiary/aromatic N) is 1. The molecule has 23 heavy (non-hydrogen) atoms. The topological polar surface area (TPSA) is 75.7 Å². The van der Waals surface area contributed by atoms with E-state index in [0.717, 1.165) is 12.8 Å². The van der Waals surface area contributed by atoms with Gasteiger partial charge in [0.15, 0.2) is 11.9 Å². The molecule has 1 aliphatic heterocycles. The molecule has 1 N–H and O–H groups in total. The second-order valence-corrected chi connectivity index (χ2v) is 6.10. The highest BCUT2D eigenvalue weighted by atomic mass is 16.5. The Labute approximate surface area is 134 Å². The van der Waals surface area contributed by atoms with Gasteiger partial charge in [0.25, 0.3) is 5.91 Å². The average molecular weight is 316 g/mol. The molecule has 3 rings (SSSR count). The Kier molecular flexibility index (Phi) is 4.07. The second kappa shape index (κ2) is 6.02. The molecule has 0 aromatic heterocycles. The predicted molar refractivity (Wildman–Crippen MR) is 84.7 cm³/mol. The van der Waals surface area contributed by atoms with Crippen LogP contribution in [0.3, 0.4) is 0 Å². The van der Waals surface area contributed by atoms with Crippen LogP contribution in [-0.4, -0.2) is 36.8 Å². The summed E-state index contributed by atoms with van der Waals surface area (Å²) < 4.78 is 5.53. The highest BCUT2D eigenvalue weighted by molar-refractivity contribution is 6.03. The Morgan fingerprint density at radius 1 is 1.30 bits per heavy atom. The summed E-state index contributed by atoms with van der Waals surface area (Å²) in [5, 5.41) is 2.86. The van der Waals surface area contributed by atoms with Crippen molar-refractivity contribution in [1.29, 1.82) is 0 Å². The van der Waals surface area contributed by atoms with Crippen LogP contribution in [0.15, 0.2) is 18.2 Å². The number of hydrogen-bond donors (Lipinski definition) is 1. The minimum Gasteiger partial charge on any atom is -0.479 e. The summed E-state index contributed by atoms with van der Waals surface area (Å²) in [7, 11) is 1.66. The summed E-state index contributed by atoms with van der Waals surface area (Å²) >= 11 is 0. The van der Waals surface area contributed by atoms with Crippen LogP contribution in [-0.2, 0) is 9.59 Å². The lowest BCUT2D eigenvalue weighted by Crippen LogP contribution is -2.42. The normalized spacial score (nSPS) is 19.8. The number of nitrogens with one attached hydrogen (secondary N) is 1. The quantitative estimate of drug-likeness (QED) is 0.839. The number of carbonyl (C=O) groups is 3. The highest BCUT2D eigenvalue weighted by Gasteiger charge is 2.29. The van der Waals surface area contributed by atoms with Crippen molar-refractivity contribution in [3.05, 3.63) is 23.8 Å². The Bertz CT molecular complexity index is 667. The zero-order valence-electron chi connectivity index (χ0n) is 13.3. The van der Waals surface area contributed by atoms with Crippen molar-refractivity contribution < 1.29 is 19.1 Å². The first kappa shape index (κ1) is 15.5. The largest absolute Gasteiger partial charge is 0.479 e. The summed E-state index contributed by atoms with van der Waals surface area (Å²) in [6.07, 6.45) is 1.88. The molecule has 1 aliphatic carbocycles. The number of fused-ring (bicyclic) bond motifs is 1. The molecule has 2 amide bonds. The molecule has 1 saturated carbocycles. The molecule has 1 unspecified atom stereocenters. The van der Waals surface area contributed by atoms with E-state index in [9.17, 15) is 14.4 Å². The molecule has 0 radical (unpaired) electrons. The number of amides is 2. The zero-order valence-corrected chi connectivity index (χ0v) is 13.3. The van der Waals surface area contributed by atoms with E-state index in [2.05, 4.69) is 5.32 Å². The molecule has 0 bridgehead atoms. The van der Waals surface area contributed by atoms with Gasteiger partial charge in [-0.1, -0.05) is 0 Å². The Morgan fingerprint density at radius 3 is 2.74 bits per heavy atom. The molecule has 1 fully saturated rings. The van der Waals surface area contributed by atoms with Gasteiger partial charge in [-0.3, -0.25) is 14.4 Å². The first-order valence-corrected chi connectivity index (χ1v) is 7.86. The third-order valence-electron chi connectivity index (χ3n) is 4.15. The number of hydrogen-bond acceptors (Lipinski definition) is 4. The molecular weight excluding hydrogens is 296 g/mol. The number of carbonyl (C=O) groups excluding carboxylic acids is 3. The van der Waals surface area contributed by atoms with Crippen LogP contribution in [0.25, 0.3) is 0 Å². The van der Waals surface area contributed by atoms with Crippen molar-refractivity contribution in [3.63, 3.8) is 0 Å². The minimum absolute atomic E-state index is 0.0803. The smallest absolute Gasteiger partial charge is 0.267 e. The van der Waals surface area contributed by atoms with Gasteiger partial charge >= 0.3 is 0 Å². The van der Waals surface area contributed by atoms with E-state index in [1.54, 1.807) is 32.2 Å². The van der Waals surface area contributed by atoms with Crippen molar-refractivity contribution in [2.75, 3.05) is 11.9 Å². The number of rotatable bonds is 5. The number of ether oxygens (including phenoxy) is 1. The standard InChI is InChI=1S/C17H20N2O4/c1-10-17(22)19(2)13-9-11(3-7-15(13)23-10)14(20)6-8-16(21)18-12-4-5-12/h3,7,9-10,12H,4-6,8H2,1-2H3,(H,18,21). The number of benzene rings is 1. The number of ketones is 1. The van der Waals surface area contributed by atoms with E-state index in [1.165, 1.54) is 4.90 Å². The molecule has 1 heterocycles. The third-order valence-corrected chi connectivity index (χ3v) is 4.15. The average Bonchev–Trinajstić information content (AvgIpc) is 3.34. The van der Waals surface area contributed by atoms with E-state index in [0.29, 0.717) is 23.0 Å². The lowest BCUT2D eigenvalue weighted by atomic mass is 10.0. The Hall–Kier alpha value is -2.37. The molecule has 0 saturated heterocycles. The van der Waals surface area contributed by atoms with Gasteiger partial charge in [-0.2, -0.15) is 0 Å². The molecule has 6 nitrogen and oxygen atoms in total. The molecule has 1 aromatic carbocycles. The fourth-order valence-electron chi connectivity index (χ4n) is 2.58. The van der Waals surface area contributed by atoms with Crippen molar-refractivity contribution in [3.8, 4) is 5.75 Å². The lowest BCUT2D eigenvalue weighted by molar-refractivity contribution is -0.125. The van der Waals surface area contributed by atoms with Gasteiger partial charge in [-0.25, -0.2) is 0 Å². The van der Waals surface area contributed by atoms with Gasteiger partial charge < -0.3 is 15.0 Å². The molecule has 122 valence electrons. The van der Waals surface area contributed by atoms with E-state index < -0.39 is 6.10 Å². The number of anilines is 1. The van der Waals surface area contributed by atoms with Crippen LogP contribution in [0.2, 0.25) is 0 Å². The third kappa shape index (κ3) is 3.36. The summed E-state index contributed by atoms with van der Waals surface area (Å²) in [6.45, 7) is 1.69. The second-order valence-electron chi connectivity index (χ2n) is 6.10. The molecule has 1 atom stereocenters. The molecule has 6 heteroatoms. The van der Waals surface area contributed by atoms with Gasteiger partial charge in [0, 0.05) is 31.5 Å². The Balaban J connectivity index is 1.67. The van der Waals surface area contributed by atoms with Crippen molar-refractivity contribution in [2.24, 2.45) is 0 Å². The molecular formula is C17H20N2O4. The number of Topliss-reactive ketones (excluding diaryl/α,β-unsaturated/α-hetero) is 1. The van der Waals surface area contributed by atoms with Crippen LogP contribution < -0.4 is 15.0 Å². The van der Waals surface area contributed by atoms with Crippen molar-refractivity contribution in [1.82, 2.24) is 5.32 Å². The fraction of sp³-hybridized carbons (Fsp3) is 0.471. The zero-order chi connectivity index (χ0) is 16.6. The number of likely N-dealkylation sites (N-methyl/N-ethyl adjacent to an activating group) is 1. The maximum absolute atomic E-state index is 12.3. The molecule has 1 aromatic rings. The van der Waals surface area contributed by atoms with E-state index in [4.69, 9.17) is 4.74 Å². The van der Waals surface area contributed by atoms with Gasteiger partial charge in [-0.15, -0.1) is 0 Å². The molecule has 2 aliphatic rings. The minimum atomic E-state index is -0.528. The van der Waals surface area contributed by atoms with Gasteiger partial charge in [0.2, 0.25) is 5.91 Å². The van der Waals surface area contributed by atoms with Crippen molar-refractivity contribution >= 4 is 23.3 Å². The van der Waals surface area contributed by atoms with Crippen LogP contribution >= 0.6 is 0 Å². The Morgan fingerprint density at radius 2 is 2.04 bits per heavy atom. The van der Waals surface area contributed by atoms with Gasteiger partial charge in [0.05, 0.1) is 5.69 Å². The summed E-state index contributed by atoms with van der Waals surface area (Å²) in [5.41, 5.74) is 1.07. The van der Waals surface area contributed by atoms with E-state index in [1.807, 2.05) is 0 Å². The summed E-state index contributed by atoms with van der Waals surface area (Å²) in [4.78, 5) is 37.4. The highest BCUT2D eigenvalue weighted by Crippen LogP contribution is 2.34. The fourth-order valence-corrected chi connectivity index (χ4v) is 2.58. The van der Waals surface area contributed by atoms with Crippen LogP contribution in [0.5, 0.6) is 5.75 Å². The first-order chi connectivity index (χ1) is 11.0. The maximum atomic E-state index is 12.3. The molecule has 0 spiro atoms. The summed E-state index contributed by atoms with van der Waals surface area (Å²) in [5.74, 6) is 0.245. The van der Waals surface area contributed by atoms with E-state index in [-0.39, 0.29) is 30.4 Å². The van der Waals surface area contributed by atoms with Crippen LogP contribution in [0.1, 0.15) is 43.0 Å². The van der Waals surface area contributed by atoms with Crippen molar-refractivity contribution in [2.45, 2.75) is 44.8 Å². The van der Waals surface area contributed by atoms with Crippen LogP contribution in [0, 0.1) is 0 Å². The maximum Gasteiger partial charge on any atom is 0.267 e. The lowest BCUT2D eigenvalue weighted by Gasteiger charge is -2.30. The summed E-state index contributed by atoms with van der Waals surface area (Å²) in [6, 6.07) is 5.34. The monoisotopic (exact) mass is 316 g/mol. The van der Waals surface area contributed by atoms with Gasteiger partial charge in [-0.05, 0) is 38.0 Å². The first-order valence-electron chi connectivity index (χ1n) is 7.86. The van der Waals surface area contributed by atoms with Gasteiger partial charge in [0.1, 0.15) is 5.75 Å². The predicted octanol–water partition coefficient (Wildman–Crippen LogP) is 1.67. The van der Waals surface area contributed by atoms with Crippen LogP contribution in [0.4, 0.5) is 5.69 Å². The SMILES string of the molecule is CC1Oc2ccc(C(=O)CCC(=O)NC3CC3)cc2N(C)C1=O. The van der Waals surface area contributed by atoms with E-state index >= 15 is 0 Å².